The Balaban J connectivity index is 0. The Morgan fingerprint density at radius 2 is 0.375 bits per heavy atom. The van der Waals surface area contributed by atoms with Crippen LogP contribution in [0.3, 0.4) is 0 Å². The average Bonchev–Trinajstić information content (AvgIpc) is 0. The monoisotopic (exact) mass is 198 g/mol. The van der Waals surface area contributed by atoms with Gasteiger partial charge in [-0.1, -0.05) is 7.43 Å². The van der Waals surface area contributed by atoms with Gasteiger partial charge in [-0.3, -0.25) is 0 Å². The maximum atomic E-state index is 0. The molecule has 0 spiro atoms. The van der Waals surface area contributed by atoms with Crippen molar-refractivity contribution in [1.29, 1.82) is 0 Å². The van der Waals surface area contributed by atoms with E-state index in [9.17, 15) is 0 Å². The molecular weight excluding hydrogens is 194 g/mol. The van der Waals surface area contributed by atoms with Gasteiger partial charge in [0, 0.05) is 37.1 Å². The smallest absolute Gasteiger partial charge is 0 e. The Bertz CT molecular complexity index is 10.4. The van der Waals surface area contributed by atoms with Gasteiger partial charge in [0.25, 0.3) is 0 Å². The molecule has 0 bridgehead atoms. The molecule has 5 nitrogen and oxygen atoms in total. The molecule has 8 heavy (non-hydrogen) atoms. The third-order valence-electron chi connectivity index (χ3n) is 0. The summed E-state index contributed by atoms with van der Waals surface area (Å²) in [6.07, 6.45) is 0. The van der Waals surface area contributed by atoms with Crippen LogP contribution in [0.2, 0.25) is 0 Å². The van der Waals surface area contributed by atoms with Crippen LogP contribution in [0.4, 0.5) is 0 Å². The van der Waals surface area contributed by atoms with Crippen molar-refractivity contribution in [2.45, 2.75) is 7.43 Å². The second-order valence-corrected chi connectivity index (χ2v) is 0. The molecule has 0 fully saturated rings. The van der Waals surface area contributed by atoms with Gasteiger partial charge in [-0.2, -0.15) is 0 Å². The molecule has 2 radical (unpaired) electrons. The van der Waals surface area contributed by atoms with E-state index < -0.39 is 0 Å². The first-order valence-electron chi connectivity index (χ1n) is 0. The Morgan fingerprint density at radius 3 is 0.375 bits per heavy atom. The summed E-state index contributed by atoms with van der Waals surface area (Å²) in [7, 11) is 0. The summed E-state index contributed by atoms with van der Waals surface area (Å²) in [4.78, 5) is 0. The first-order chi connectivity index (χ1) is 0. The normalized spacial score (nSPS) is 0. The zero-order chi connectivity index (χ0) is 0. The number of hydrogen-bond donors (Lipinski definition) is 0. The first kappa shape index (κ1) is 607. The minimum Gasteiger partial charge on any atom is -2.00 e. The predicted octanol–water partition coefficient (Wildman–Crippen LogP) is 0.0371. The van der Waals surface area contributed by atoms with Gasteiger partial charge in [0.05, 0.1) is 0 Å². The molecule has 0 rings (SSSR count). The van der Waals surface area contributed by atoms with E-state index in [4.69, 9.17) is 0 Å². The molecule has 0 saturated carbocycles. The van der Waals surface area contributed by atoms with Crippen molar-refractivity contribution >= 4 is 0 Å². The minimum atomic E-state index is 0. The van der Waals surface area contributed by atoms with Crippen LogP contribution in [0.15, 0.2) is 0 Å². The Labute approximate surface area is 72.2 Å². The van der Waals surface area contributed by atoms with Crippen LogP contribution in [-0.2, 0) is 64.5 Å². The van der Waals surface area contributed by atoms with Crippen LogP contribution >= 0.6 is 0 Å². The van der Waals surface area contributed by atoms with Gasteiger partial charge in [-0.25, -0.2) is 0 Å². The van der Waals surface area contributed by atoms with E-state index in [2.05, 4.69) is 0 Å². The molecule has 0 aliphatic heterocycles. The Kier molecular flexibility index (Phi) is 31300. The van der Waals surface area contributed by atoms with E-state index in [0.29, 0.717) is 0 Å². The van der Waals surface area contributed by atoms with E-state index in [1.165, 1.54) is 0 Å². The van der Waals surface area contributed by atoms with E-state index >= 15 is 0 Å². The van der Waals surface area contributed by atoms with Crippen molar-refractivity contribution in [3.8, 4) is 0 Å². The summed E-state index contributed by atoms with van der Waals surface area (Å²) in [5.74, 6) is 0. The minimum absolute atomic E-state index is 0. The summed E-state index contributed by atoms with van der Waals surface area (Å²) in [6.45, 7) is 0. The van der Waals surface area contributed by atoms with Crippen molar-refractivity contribution in [2.24, 2.45) is 0 Å². The largest absolute Gasteiger partial charge is 2.00 e. The van der Waals surface area contributed by atoms with Crippen molar-refractivity contribution in [3.05, 3.63) is 0 Å². The van der Waals surface area contributed by atoms with Crippen LogP contribution in [-0.4, -0.2) is 0 Å². The molecule has 7 heteroatoms. The van der Waals surface area contributed by atoms with Crippen LogP contribution in [0.1, 0.15) is 7.43 Å². The van der Waals surface area contributed by atoms with E-state index in [0.717, 1.165) is 0 Å². The second-order valence-electron chi connectivity index (χ2n) is 0. The predicted molar refractivity (Wildman–Crippen MR) is 10.2 cm³/mol. The second kappa shape index (κ2) is 412. The van der Waals surface area contributed by atoms with Gasteiger partial charge < -0.3 is 27.4 Å². The van der Waals surface area contributed by atoms with Crippen molar-refractivity contribution in [3.63, 3.8) is 0 Å². The van der Waals surface area contributed by atoms with E-state index in [1.54, 1.807) is 0 Å². The molecule has 0 unspecified atom stereocenters. The van der Waals surface area contributed by atoms with E-state index in [1.807, 2.05) is 0 Å². The zero-order valence-electron chi connectivity index (χ0n) is 2.94. The van der Waals surface area contributed by atoms with Gasteiger partial charge in [-0.15, -0.1) is 0 Å². The molecule has 0 amide bonds. The zero-order valence-corrected chi connectivity index (χ0v) is 5.73. The average molecular weight is 198 g/mol. The third-order valence-corrected chi connectivity index (χ3v) is 0. The standard InChI is InChI=1S/CH4.5O.2V/h1H4;;;;;;;/q;5*-2;;. The molecule has 0 saturated heterocycles. The molecular formula is CH4O5V2-10. The topological polar surface area (TPSA) is 142 Å². The van der Waals surface area contributed by atoms with Gasteiger partial charge in [0.2, 0.25) is 0 Å². The van der Waals surface area contributed by atoms with Crippen molar-refractivity contribution in [1.82, 2.24) is 0 Å². The first-order valence-corrected chi connectivity index (χ1v) is 0. The van der Waals surface area contributed by atoms with Gasteiger partial charge in [0.15, 0.2) is 0 Å². The number of rotatable bonds is 0. The molecule has 0 atom stereocenters. The summed E-state index contributed by atoms with van der Waals surface area (Å²) in [6, 6.07) is 0. The summed E-state index contributed by atoms with van der Waals surface area (Å²) >= 11 is 0. The van der Waals surface area contributed by atoms with Crippen LogP contribution in [0, 0.1) is 0 Å². The fourth-order valence-corrected chi connectivity index (χ4v) is 0. The van der Waals surface area contributed by atoms with E-state index in [-0.39, 0.29) is 71.9 Å². The molecule has 0 aromatic heterocycles. The molecule has 0 aromatic carbocycles. The maximum absolute atomic E-state index is 0. The quantitative estimate of drug-likeness (QED) is 0.517. The summed E-state index contributed by atoms with van der Waals surface area (Å²) in [5, 5.41) is 0. The molecule has 0 N–H and O–H groups in total. The van der Waals surface area contributed by atoms with Crippen LogP contribution in [0.25, 0.3) is 0 Å². The van der Waals surface area contributed by atoms with Crippen LogP contribution in [0.5, 0.6) is 0 Å². The molecule has 0 aromatic rings. The third kappa shape index (κ3) is 265. The van der Waals surface area contributed by atoms with Crippen molar-refractivity contribution < 1.29 is 64.5 Å². The molecule has 0 heterocycles. The number of hydrogen-bond acceptors (Lipinski definition) is 0. The summed E-state index contributed by atoms with van der Waals surface area (Å²) < 4.78 is 0. The summed E-state index contributed by atoms with van der Waals surface area (Å²) in [5.41, 5.74) is 0. The molecule has 0 aliphatic carbocycles. The molecule has 0 aliphatic rings. The Hall–Kier alpha value is 0.969. The fraction of sp³-hybridized carbons (Fsp3) is 1.00. The Morgan fingerprint density at radius 1 is 0.375 bits per heavy atom. The van der Waals surface area contributed by atoms with Crippen LogP contribution < -0.4 is 0 Å². The molecule has 58 valence electrons. The SMILES string of the molecule is C.[O-2].[O-2].[O-2].[O-2].[O-2].[V].[V]. The van der Waals surface area contributed by atoms with Gasteiger partial charge in [0.1, 0.15) is 0 Å². The maximum Gasteiger partial charge on any atom is 0 e. The fourth-order valence-electron chi connectivity index (χ4n) is 0. The van der Waals surface area contributed by atoms with Crippen molar-refractivity contribution in [2.75, 3.05) is 0 Å². The van der Waals surface area contributed by atoms with Gasteiger partial charge >= 0.3 is 0 Å². The van der Waals surface area contributed by atoms with Gasteiger partial charge in [-0.05, 0) is 0 Å².